The number of fused-ring (bicyclic) bond motifs is 1. The van der Waals surface area contributed by atoms with E-state index in [9.17, 15) is 0 Å². The minimum atomic E-state index is 0.658. The molecule has 0 unspecified atom stereocenters. The highest BCUT2D eigenvalue weighted by molar-refractivity contribution is 7.99. The highest BCUT2D eigenvalue weighted by Crippen LogP contribution is 2.27. The van der Waals surface area contributed by atoms with Gasteiger partial charge in [-0.3, -0.25) is 0 Å². The average Bonchev–Trinajstić information content (AvgIpc) is 2.57. The minimum Gasteiger partial charge on any atom is -0.355 e. The predicted molar refractivity (Wildman–Crippen MR) is 58.5 cm³/mol. The number of rotatable bonds is 3. The second-order valence-corrected chi connectivity index (χ2v) is 4.21. The van der Waals surface area contributed by atoms with E-state index in [2.05, 4.69) is 18.1 Å². The number of hydrogen-bond donors (Lipinski definition) is 1. The van der Waals surface area contributed by atoms with Crippen LogP contribution < -0.4 is 5.73 Å². The summed E-state index contributed by atoms with van der Waals surface area (Å²) >= 11 is 1.64. The van der Waals surface area contributed by atoms with Gasteiger partial charge in [0, 0.05) is 12.3 Å². The lowest BCUT2D eigenvalue weighted by Crippen LogP contribution is -2.00. The van der Waals surface area contributed by atoms with Crippen molar-refractivity contribution in [3.05, 3.63) is 23.8 Å². The van der Waals surface area contributed by atoms with Crippen LogP contribution in [0.15, 0.2) is 27.7 Å². The molecule has 0 fully saturated rings. The molecule has 2 N–H and O–H groups in total. The molecule has 2 aromatic rings. The van der Waals surface area contributed by atoms with Crippen LogP contribution in [0.25, 0.3) is 11.0 Å². The molecule has 3 nitrogen and oxygen atoms in total. The van der Waals surface area contributed by atoms with Gasteiger partial charge < -0.3 is 10.3 Å². The van der Waals surface area contributed by atoms with Gasteiger partial charge in [0.25, 0.3) is 0 Å². The van der Waals surface area contributed by atoms with Gasteiger partial charge in [0.15, 0.2) is 5.58 Å². The van der Waals surface area contributed by atoms with E-state index in [1.54, 1.807) is 11.8 Å². The molecule has 0 radical (unpaired) electrons. The van der Waals surface area contributed by atoms with E-state index in [1.165, 1.54) is 5.56 Å². The summed E-state index contributed by atoms with van der Waals surface area (Å²) in [6.45, 7) is 2.72. The second-order valence-electron chi connectivity index (χ2n) is 3.12. The van der Waals surface area contributed by atoms with Crippen LogP contribution in [0, 0.1) is 6.92 Å². The molecular weight excluding hydrogens is 196 g/mol. The van der Waals surface area contributed by atoms with Crippen molar-refractivity contribution in [2.24, 2.45) is 5.73 Å². The van der Waals surface area contributed by atoms with Crippen molar-refractivity contribution >= 4 is 22.7 Å². The van der Waals surface area contributed by atoms with Gasteiger partial charge in [-0.2, -0.15) is 0 Å². The van der Waals surface area contributed by atoms with Gasteiger partial charge in [-0.05, 0) is 19.1 Å². The van der Waals surface area contributed by atoms with Crippen LogP contribution in [0.1, 0.15) is 5.56 Å². The van der Waals surface area contributed by atoms with Crippen molar-refractivity contribution in [1.29, 1.82) is 0 Å². The monoisotopic (exact) mass is 208 g/mol. The molecule has 0 bridgehead atoms. The van der Waals surface area contributed by atoms with Crippen LogP contribution in [0.5, 0.6) is 0 Å². The number of hydrogen-bond acceptors (Lipinski definition) is 4. The van der Waals surface area contributed by atoms with Gasteiger partial charge in [0.2, 0.25) is 0 Å². The van der Waals surface area contributed by atoms with Crippen molar-refractivity contribution in [2.75, 3.05) is 12.3 Å². The summed E-state index contributed by atoms with van der Waals surface area (Å²) in [6.07, 6.45) is 0. The van der Waals surface area contributed by atoms with Crippen LogP contribution in [0.4, 0.5) is 0 Å². The number of thioether (sulfide) groups is 1. The Bertz CT molecular complexity index is 439. The molecule has 0 saturated carbocycles. The van der Waals surface area contributed by atoms with Gasteiger partial charge in [-0.15, -0.1) is 11.8 Å². The van der Waals surface area contributed by atoms with E-state index in [-0.39, 0.29) is 0 Å². The molecule has 0 amide bonds. The zero-order valence-corrected chi connectivity index (χ0v) is 8.80. The minimum absolute atomic E-state index is 0.658. The lowest BCUT2D eigenvalue weighted by Gasteiger charge is -1.94. The fraction of sp³-hybridized carbons (Fsp3) is 0.300. The predicted octanol–water partition coefficient (Wildman–Crippen LogP) is 2.19. The van der Waals surface area contributed by atoms with Crippen molar-refractivity contribution < 1.29 is 4.52 Å². The number of nitrogens with zero attached hydrogens (tertiary/aromatic N) is 1. The highest BCUT2D eigenvalue weighted by atomic mass is 32.2. The average molecular weight is 208 g/mol. The summed E-state index contributed by atoms with van der Waals surface area (Å²) in [5.74, 6) is 0.871. The Morgan fingerprint density at radius 2 is 2.36 bits per heavy atom. The van der Waals surface area contributed by atoms with Crippen LogP contribution in [0.3, 0.4) is 0 Å². The number of benzene rings is 1. The van der Waals surface area contributed by atoms with Crippen molar-refractivity contribution in [3.8, 4) is 0 Å². The molecule has 0 saturated heterocycles. The topological polar surface area (TPSA) is 52.0 Å². The maximum absolute atomic E-state index is 5.44. The lowest BCUT2D eigenvalue weighted by atomic mass is 10.2. The zero-order chi connectivity index (χ0) is 9.97. The normalized spacial score (nSPS) is 11.0. The molecule has 0 aliphatic carbocycles. The first-order valence-electron chi connectivity index (χ1n) is 4.50. The van der Waals surface area contributed by atoms with Gasteiger partial charge >= 0.3 is 0 Å². The summed E-state index contributed by atoms with van der Waals surface area (Å²) in [4.78, 5) is 0. The number of aromatic nitrogens is 1. The first-order valence-corrected chi connectivity index (χ1v) is 5.48. The van der Waals surface area contributed by atoms with Crippen molar-refractivity contribution in [1.82, 2.24) is 5.16 Å². The molecule has 1 aromatic heterocycles. The molecule has 2 rings (SSSR count). The summed E-state index contributed by atoms with van der Waals surface area (Å²) in [5, 5.41) is 6.03. The number of nitrogens with two attached hydrogens (primary N) is 1. The van der Waals surface area contributed by atoms with Gasteiger partial charge in [0.05, 0.1) is 5.39 Å². The molecule has 1 heterocycles. The van der Waals surface area contributed by atoms with Gasteiger partial charge in [-0.25, -0.2) is 0 Å². The zero-order valence-electron chi connectivity index (χ0n) is 7.99. The molecular formula is C10H12N2OS. The molecule has 0 spiro atoms. The summed E-state index contributed by atoms with van der Waals surface area (Å²) < 4.78 is 5.19. The van der Waals surface area contributed by atoms with E-state index in [0.717, 1.165) is 21.7 Å². The first kappa shape index (κ1) is 9.55. The van der Waals surface area contributed by atoms with Gasteiger partial charge in [-0.1, -0.05) is 16.8 Å². The van der Waals surface area contributed by atoms with Crippen LogP contribution in [-0.2, 0) is 0 Å². The Morgan fingerprint density at radius 1 is 1.50 bits per heavy atom. The van der Waals surface area contributed by atoms with E-state index in [0.29, 0.717) is 6.54 Å². The number of aryl methyl sites for hydroxylation is 1. The Morgan fingerprint density at radius 3 is 3.14 bits per heavy atom. The summed E-state index contributed by atoms with van der Waals surface area (Å²) in [7, 11) is 0. The molecule has 14 heavy (non-hydrogen) atoms. The Labute approximate surface area is 86.6 Å². The van der Waals surface area contributed by atoms with Crippen LogP contribution in [-0.4, -0.2) is 17.5 Å². The van der Waals surface area contributed by atoms with Crippen molar-refractivity contribution in [2.45, 2.75) is 11.9 Å². The Kier molecular flexibility index (Phi) is 2.74. The maximum Gasteiger partial charge on any atom is 0.168 e. The van der Waals surface area contributed by atoms with E-state index < -0.39 is 0 Å². The molecule has 4 heteroatoms. The van der Waals surface area contributed by atoms with E-state index >= 15 is 0 Å². The smallest absolute Gasteiger partial charge is 0.168 e. The van der Waals surface area contributed by atoms with E-state index in [1.807, 2.05) is 12.1 Å². The highest BCUT2D eigenvalue weighted by Gasteiger charge is 2.07. The molecule has 74 valence electrons. The van der Waals surface area contributed by atoms with E-state index in [4.69, 9.17) is 10.3 Å². The van der Waals surface area contributed by atoms with Crippen LogP contribution >= 0.6 is 11.8 Å². The SMILES string of the molecule is Cc1ccc2onc(SCCN)c2c1. The fourth-order valence-corrected chi connectivity index (χ4v) is 2.01. The molecule has 0 aliphatic rings. The maximum atomic E-state index is 5.44. The second kappa shape index (κ2) is 4.02. The largest absolute Gasteiger partial charge is 0.355 e. The fourth-order valence-electron chi connectivity index (χ4n) is 1.29. The summed E-state index contributed by atoms with van der Waals surface area (Å²) in [6, 6.07) is 6.06. The molecule has 0 atom stereocenters. The standard InChI is InChI=1S/C10H12N2OS/c1-7-2-3-9-8(6-7)10(12-13-9)14-5-4-11/h2-3,6H,4-5,11H2,1H3. The van der Waals surface area contributed by atoms with Crippen LogP contribution in [0.2, 0.25) is 0 Å². The third kappa shape index (κ3) is 1.76. The molecule has 1 aromatic carbocycles. The summed E-state index contributed by atoms with van der Waals surface area (Å²) in [5.41, 5.74) is 7.50. The third-order valence-electron chi connectivity index (χ3n) is 1.95. The quantitative estimate of drug-likeness (QED) is 0.785. The van der Waals surface area contributed by atoms with Gasteiger partial charge in [0.1, 0.15) is 5.03 Å². The lowest BCUT2D eigenvalue weighted by molar-refractivity contribution is 0.437. The van der Waals surface area contributed by atoms with Crippen molar-refractivity contribution in [3.63, 3.8) is 0 Å². The Balaban J connectivity index is 2.40. The Hall–Kier alpha value is -1.000. The first-order chi connectivity index (χ1) is 6.81. The third-order valence-corrected chi connectivity index (χ3v) is 2.96. The molecule has 0 aliphatic heterocycles.